The molecule has 0 saturated heterocycles. The molecule has 0 aliphatic rings. The van der Waals surface area contributed by atoms with Crippen molar-refractivity contribution in [3.63, 3.8) is 0 Å². The predicted octanol–water partition coefficient (Wildman–Crippen LogP) is -2.01. The quantitative estimate of drug-likeness (QED) is 0.443. The van der Waals surface area contributed by atoms with Crippen molar-refractivity contribution in [2.24, 2.45) is 7.05 Å². The molecule has 0 fully saturated rings. The Balaban J connectivity index is 0.000000980. The molecule has 14 heavy (non-hydrogen) atoms. The first-order chi connectivity index (χ1) is 6.33. The van der Waals surface area contributed by atoms with Gasteiger partial charge in [-0.25, -0.2) is 9.13 Å². The van der Waals surface area contributed by atoms with E-state index in [4.69, 9.17) is 5.26 Å². The molecular formula is C10H10IN3. The van der Waals surface area contributed by atoms with Gasteiger partial charge in [0.15, 0.2) is 17.6 Å². The van der Waals surface area contributed by atoms with Crippen LogP contribution in [-0.4, -0.2) is 4.57 Å². The Hall–Kier alpha value is -1.09. The van der Waals surface area contributed by atoms with Crippen LogP contribution < -0.4 is 28.5 Å². The lowest BCUT2D eigenvalue weighted by Gasteiger charge is -1.86. The molecule has 4 heteroatoms. The van der Waals surface area contributed by atoms with Crippen molar-refractivity contribution in [2.75, 3.05) is 0 Å². The van der Waals surface area contributed by atoms with E-state index in [9.17, 15) is 0 Å². The zero-order valence-corrected chi connectivity index (χ0v) is 9.97. The third-order valence-electron chi connectivity index (χ3n) is 2.12. The summed E-state index contributed by atoms with van der Waals surface area (Å²) in [6.45, 7) is 0.404. The van der Waals surface area contributed by atoms with E-state index in [2.05, 4.69) is 6.07 Å². The van der Waals surface area contributed by atoms with Gasteiger partial charge >= 0.3 is 0 Å². The molecule has 0 aliphatic carbocycles. The van der Waals surface area contributed by atoms with Crippen LogP contribution in [0, 0.1) is 11.3 Å². The first-order valence-electron chi connectivity index (χ1n) is 4.13. The second-order valence-electron chi connectivity index (χ2n) is 3.00. The minimum atomic E-state index is 0. The summed E-state index contributed by atoms with van der Waals surface area (Å²) in [6.07, 6.45) is 1.94. The molecule has 0 atom stereocenters. The number of aryl methyl sites for hydroxylation is 1. The lowest BCUT2D eigenvalue weighted by molar-refractivity contribution is -0.645. The predicted molar refractivity (Wildman–Crippen MR) is 48.7 cm³/mol. The summed E-state index contributed by atoms with van der Waals surface area (Å²) in [5.74, 6) is 0. The second kappa shape index (κ2) is 4.42. The number of aromatic nitrogens is 2. The maximum Gasteiger partial charge on any atom is 0.245 e. The smallest absolute Gasteiger partial charge is 0.245 e. The van der Waals surface area contributed by atoms with Gasteiger partial charge in [0.2, 0.25) is 6.33 Å². The lowest BCUT2D eigenvalue weighted by Crippen LogP contribution is -3.00. The molecule has 0 spiro atoms. The standard InChI is InChI=1S/C10H10N3.HI/c1-12-8-13(7-6-11)10-5-3-2-4-9(10)12;/h2-5,8H,7H2,1H3;1H/q+1;/p-1. The van der Waals surface area contributed by atoms with Gasteiger partial charge in [0.25, 0.3) is 0 Å². The van der Waals surface area contributed by atoms with Crippen LogP contribution in [0.3, 0.4) is 0 Å². The van der Waals surface area contributed by atoms with Gasteiger partial charge in [-0.3, -0.25) is 0 Å². The molecule has 1 aromatic heterocycles. The number of para-hydroxylation sites is 2. The van der Waals surface area contributed by atoms with Crippen molar-refractivity contribution in [3.05, 3.63) is 30.6 Å². The summed E-state index contributed by atoms with van der Waals surface area (Å²) < 4.78 is 3.96. The Bertz CT molecular complexity index is 482. The summed E-state index contributed by atoms with van der Waals surface area (Å²) in [7, 11) is 1.98. The van der Waals surface area contributed by atoms with Gasteiger partial charge in [-0.1, -0.05) is 12.1 Å². The first kappa shape index (κ1) is 11.0. The molecule has 0 saturated carbocycles. The van der Waals surface area contributed by atoms with E-state index in [0.717, 1.165) is 11.0 Å². The molecule has 2 aromatic rings. The molecule has 0 aliphatic heterocycles. The van der Waals surface area contributed by atoms with E-state index in [1.54, 1.807) is 0 Å². The Kier molecular flexibility index (Phi) is 3.47. The second-order valence-corrected chi connectivity index (χ2v) is 3.00. The van der Waals surface area contributed by atoms with E-state index in [1.165, 1.54) is 0 Å². The van der Waals surface area contributed by atoms with Crippen molar-refractivity contribution < 1.29 is 28.5 Å². The summed E-state index contributed by atoms with van der Waals surface area (Å²) in [4.78, 5) is 0. The summed E-state index contributed by atoms with van der Waals surface area (Å²) in [5, 5.41) is 8.61. The number of halogens is 1. The lowest BCUT2D eigenvalue weighted by atomic mass is 10.3. The highest BCUT2D eigenvalue weighted by molar-refractivity contribution is 5.71. The van der Waals surface area contributed by atoms with Crippen molar-refractivity contribution in [1.29, 1.82) is 5.26 Å². The Morgan fingerprint density at radius 1 is 1.43 bits per heavy atom. The van der Waals surface area contributed by atoms with Crippen molar-refractivity contribution in [1.82, 2.24) is 4.57 Å². The monoisotopic (exact) mass is 299 g/mol. The maximum absolute atomic E-state index is 8.61. The number of fused-ring (bicyclic) bond motifs is 1. The topological polar surface area (TPSA) is 32.6 Å². The van der Waals surface area contributed by atoms with Crippen LogP contribution in [0.4, 0.5) is 0 Å². The summed E-state index contributed by atoms with van der Waals surface area (Å²) in [5.41, 5.74) is 2.25. The molecule has 0 unspecified atom stereocenters. The molecule has 72 valence electrons. The Morgan fingerprint density at radius 2 is 2.14 bits per heavy atom. The number of nitrogens with zero attached hydrogens (tertiary/aromatic N) is 3. The van der Waals surface area contributed by atoms with Crippen LogP contribution in [0.2, 0.25) is 0 Å². The van der Waals surface area contributed by atoms with Crippen LogP contribution in [0.15, 0.2) is 30.6 Å². The van der Waals surface area contributed by atoms with Gasteiger partial charge in [0, 0.05) is 0 Å². The Morgan fingerprint density at radius 3 is 2.86 bits per heavy atom. The maximum atomic E-state index is 8.61. The average Bonchev–Trinajstić information content (AvgIpc) is 2.46. The van der Waals surface area contributed by atoms with Crippen LogP contribution in [0.5, 0.6) is 0 Å². The highest BCUT2D eigenvalue weighted by Gasteiger charge is 2.10. The number of hydrogen-bond acceptors (Lipinski definition) is 1. The molecular weight excluding hydrogens is 289 g/mol. The van der Waals surface area contributed by atoms with Crippen molar-refractivity contribution in [3.8, 4) is 6.07 Å². The van der Waals surface area contributed by atoms with Gasteiger partial charge in [0.05, 0.1) is 7.05 Å². The van der Waals surface area contributed by atoms with Crippen molar-refractivity contribution in [2.45, 2.75) is 6.54 Å². The Labute approximate surface area is 99.6 Å². The van der Waals surface area contributed by atoms with Gasteiger partial charge in [-0.05, 0) is 12.1 Å². The average molecular weight is 299 g/mol. The minimum Gasteiger partial charge on any atom is -1.00 e. The SMILES string of the molecule is C[n+]1cn(CC#N)c2ccccc21.[I-]. The van der Waals surface area contributed by atoms with Gasteiger partial charge in [-0.2, -0.15) is 5.26 Å². The molecule has 0 amide bonds. The van der Waals surface area contributed by atoms with Gasteiger partial charge < -0.3 is 24.0 Å². The molecule has 0 N–H and O–H groups in total. The zero-order valence-electron chi connectivity index (χ0n) is 7.81. The number of hydrogen-bond donors (Lipinski definition) is 0. The fourth-order valence-corrected chi connectivity index (χ4v) is 1.54. The van der Waals surface area contributed by atoms with Crippen LogP contribution in [-0.2, 0) is 13.6 Å². The summed E-state index contributed by atoms with van der Waals surface area (Å²) >= 11 is 0. The van der Waals surface area contributed by atoms with Crippen molar-refractivity contribution >= 4 is 11.0 Å². The number of benzene rings is 1. The van der Waals surface area contributed by atoms with Gasteiger partial charge in [-0.15, -0.1) is 0 Å². The van der Waals surface area contributed by atoms with Crippen LogP contribution in [0.1, 0.15) is 0 Å². The minimum absolute atomic E-state index is 0. The molecule has 0 radical (unpaired) electrons. The number of nitriles is 1. The van der Waals surface area contributed by atoms with E-state index in [1.807, 2.05) is 46.8 Å². The normalized spacial score (nSPS) is 9.43. The largest absolute Gasteiger partial charge is 1.00 e. The highest BCUT2D eigenvalue weighted by atomic mass is 127. The van der Waals surface area contributed by atoms with Gasteiger partial charge in [0.1, 0.15) is 6.07 Å². The van der Waals surface area contributed by atoms with E-state index >= 15 is 0 Å². The fraction of sp³-hybridized carbons (Fsp3) is 0.200. The van der Waals surface area contributed by atoms with Crippen LogP contribution in [0.25, 0.3) is 11.0 Å². The third-order valence-corrected chi connectivity index (χ3v) is 2.12. The molecule has 1 heterocycles. The summed E-state index contributed by atoms with van der Waals surface area (Å²) in [6, 6.07) is 10.2. The number of imidazole rings is 1. The van der Waals surface area contributed by atoms with E-state index in [-0.39, 0.29) is 24.0 Å². The molecule has 0 bridgehead atoms. The molecule has 3 nitrogen and oxygen atoms in total. The number of rotatable bonds is 1. The zero-order chi connectivity index (χ0) is 9.26. The third kappa shape index (κ3) is 1.73. The first-order valence-corrected chi connectivity index (χ1v) is 4.13. The van der Waals surface area contributed by atoms with E-state index < -0.39 is 0 Å². The van der Waals surface area contributed by atoms with E-state index in [0.29, 0.717) is 6.54 Å². The molecule has 1 aromatic carbocycles. The fourth-order valence-electron chi connectivity index (χ4n) is 1.54. The highest BCUT2D eigenvalue weighted by Crippen LogP contribution is 2.09. The van der Waals surface area contributed by atoms with Crippen LogP contribution >= 0.6 is 0 Å². The molecule has 2 rings (SSSR count).